The number of aliphatic hydroxyl groups is 6. The molecule has 6 rings (SSSR count). The first-order valence-corrected chi connectivity index (χ1v) is 16.7. The fourth-order valence-electron chi connectivity index (χ4n) is 6.51. The van der Waals surface area contributed by atoms with Gasteiger partial charge in [-0.25, -0.2) is 0 Å². The number of aromatic nitrogens is 3. The van der Waals surface area contributed by atoms with Crippen molar-refractivity contribution in [2.75, 3.05) is 16.8 Å². The van der Waals surface area contributed by atoms with Gasteiger partial charge >= 0.3 is 0 Å². The molecule has 2 aliphatic rings. The number of amides is 2. The Balaban J connectivity index is 1.08. The molecule has 3 heterocycles. The normalized spacial score (nSPS) is 25.9. The Morgan fingerprint density at radius 2 is 1.69 bits per heavy atom. The topological polar surface area (TPSA) is 211 Å². The molecule has 0 radical (unpaired) electrons. The molecule has 51 heavy (non-hydrogen) atoms. The number of anilines is 2. The standard InChI is InChI=1S/C37H41N5O9/c1-22(9-7-8-18-41-20-28(39-40-41)26(21-43)24-10-3-2-4-11-24)37(50)27-12-5-6-13-29(27)42(36(37)49)19-23-14-16-25(17-15-23)38-34(47)33-31(45)30(44)32(46)35(48)51-33/h2-7,9-17,20,22,26,30-33,35,43-46,48,50H,8,18-19,21H2,1H3,(H,38,47)/b9-7+/t22-,26?,30+,31+,32-,33+,35-,37+/m1/s1. The summed E-state index contributed by atoms with van der Waals surface area (Å²) in [7, 11) is 0. The predicted octanol–water partition coefficient (Wildman–Crippen LogP) is 1.16. The summed E-state index contributed by atoms with van der Waals surface area (Å²) in [5.41, 5.74) is 1.91. The maximum absolute atomic E-state index is 13.9. The maximum Gasteiger partial charge on any atom is 0.264 e. The Morgan fingerprint density at radius 3 is 2.41 bits per heavy atom. The van der Waals surface area contributed by atoms with Crippen LogP contribution in [0.2, 0.25) is 0 Å². The van der Waals surface area contributed by atoms with Crippen LogP contribution in [0.5, 0.6) is 0 Å². The Kier molecular flexibility index (Phi) is 10.7. The number of nitrogens with one attached hydrogen (secondary N) is 1. The number of hydrogen-bond donors (Lipinski definition) is 7. The summed E-state index contributed by atoms with van der Waals surface area (Å²) in [4.78, 5) is 28.2. The number of hydrogen-bond acceptors (Lipinski definition) is 11. The number of benzene rings is 3. The first kappa shape index (κ1) is 36.0. The monoisotopic (exact) mass is 699 g/mol. The van der Waals surface area contributed by atoms with Crippen molar-refractivity contribution in [2.24, 2.45) is 5.92 Å². The van der Waals surface area contributed by atoms with Gasteiger partial charge < -0.3 is 45.6 Å². The number of carbonyl (C=O) groups excluding carboxylic acids is 2. The molecule has 2 aliphatic heterocycles. The first-order chi connectivity index (χ1) is 24.5. The minimum Gasteiger partial charge on any atom is -0.395 e. The molecule has 0 bridgehead atoms. The van der Waals surface area contributed by atoms with Crippen LogP contribution < -0.4 is 10.2 Å². The highest BCUT2D eigenvalue weighted by atomic mass is 16.6. The third-order valence-electron chi connectivity index (χ3n) is 9.49. The lowest BCUT2D eigenvalue weighted by atomic mass is 9.83. The van der Waals surface area contributed by atoms with E-state index in [4.69, 9.17) is 4.74 Å². The van der Waals surface area contributed by atoms with E-state index in [1.807, 2.05) is 48.7 Å². The summed E-state index contributed by atoms with van der Waals surface area (Å²) in [5, 5.41) is 72.4. The lowest BCUT2D eigenvalue weighted by Gasteiger charge is -2.37. The van der Waals surface area contributed by atoms with Gasteiger partial charge in [-0.15, -0.1) is 5.10 Å². The van der Waals surface area contributed by atoms with Crippen LogP contribution >= 0.6 is 0 Å². The summed E-state index contributed by atoms with van der Waals surface area (Å²) in [5.74, 6) is -2.16. The molecule has 14 heteroatoms. The highest BCUT2D eigenvalue weighted by Crippen LogP contribution is 2.45. The van der Waals surface area contributed by atoms with Gasteiger partial charge in [0.05, 0.1) is 30.5 Å². The zero-order valence-electron chi connectivity index (χ0n) is 27.8. The average Bonchev–Trinajstić information content (AvgIpc) is 3.69. The van der Waals surface area contributed by atoms with E-state index >= 15 is 0 Å². The Hall–Kier alpha value is -4.80. The maximum atomic E-state index is 13.9. The molecule has 4 aromatic rings. The number of aliphatic hydroxyl groups excluding tert-OH is 5. The lowest BCUT2D eigenvalue weighted by Crippen LogP contribution is -2.60. The van der Waals surface area contributed by atoms with Crippen LogP contribution in [0, 0.1) is 5.92 Å². The molecular formula is C37H41N5O9. The first-order valence-electron chi connectivity index (χ1n) is 16.7. The molecule has 268 valence electrons. The van der Waals surface area contributed by atoms with Crippen molar-refractivity contribution in [2.45, 2.75) is 68.7 Å². The van der Waals surface area contributed by atoms with Crippen molar-refractivity contribution in [3.63, 3.8) is 0 Å². The molecule has 7 N–H and O–H groups in total. The lowest BCUT2D eigenvalue weighted by molar-refractivity contribution is -0.274. The van der Waals surface area contributed by atoms with Crippen LogP contribution in [0.4, 0.5) is 11.4 Å². The van der Waals surface area contributed by atoms with Crippen LogP contribution in [-0.4, -0.2) is 94.8 Å². The van der Waals surface area contributed by atoms with E-state index in [1.54, 1.807) is 60.1 Å². The fourth-order valence-corrected chi connectivity index (χ4v) is 6.51. The molecular weight excluding hydrogens is 658 g/mol. The van der Waals surface area contributed by atoms with Gasteiger partial charge in [-0.3, -0.25) is 14.3 Å². The van der Waals surface area contributed by atoms with Crippen LogP contribution in [0.3, 0.4) is 0 Å². The number of carbonyl (C=O) groups is 2. The quantitative estimate of drug-likeness (QED) is 0.104. The van der Waals surface area contributed by atoms with Crippen molar-refractivity contribution in [3.8, 4) is 0 Å². The zero-order chi connectivity index (χ0) is 36.3. The highest BCUT2D eigenvalue weighted by Gasteiger charge is 2.52. The third-order valence-corrected chi connectivity index (χ3v) is 9.49. The smallest absolute Gasteiger partial charge is 0.264 e. The molecule has 0 saturated carbocycles. The third kappa shape index (κ3) is 7.21. The average molecular weight is 700 g/mol. The Morgan fingerprint density at radius 1 is 0.980 bits per heavy atom. The molecule has 1 unspecified atom stereocenters. The van der Waals surface area contributed by atoms with Gasteiger partial charge in [-0.05, 0) is 35.7 Å². The van der Waals surface area contributed by atoms with Crippen LogP contribution in [0.15, 0.2) is 97.2 Å². The van der Waals surface area contributed by atoms with Crippen molar-refractivity contribution in [1.29, 1.82) is 0 Å². The number of rotatable bonds is 12. The zero-order valence-corrected chi connectivity index (χ0v) is 27.8. The van der Waals surface area contributed by atoms with Crippen molar-refractivity contribution < 1.29 is 45.0 Å². The van der Waals surface area contributed by atoms with E-state index in [2.05, 4.69) is 15.6 Å². The molecule has 14 nitrogen and oxygen atoms in total. The second-order valence-electron chi connectivity index (χ2n) is 12.8. The Bertz CT molecular complexity index is 1850. The van der Waals surface area contributed by atoms with Crippen molar-refractivity contribution >= 4 is 23.2 Å². The van der Waals surface area contributed by atoms with Crippen molar-refractivity contribution in [1.82, 2.24) is 15.0 Å². The van der Waals surface area contributed by atoms with E-state index in [-0.39, 0.29) is 19.1 Å². The Labute approximate surface area is 293 Å². The van der Waals surface area contributed by atoms with Gasteiger partial charge in [0.2, 0.25) is 0 Å². The van der Waals surface area contributed by atoms with E-state index in [0.29, 0.717) is 41.2 Å². The van der Waals surface area contributed by atoms with Crippen LogP contribution in [0.25, 0.3) is 0 Å². The van der Waals surface area contributed by atoms with E-state index in [0.717, 1.165) is 5.56 Å². The molecule has 0 spiro atoms. The van der Waals surface area contributed by atoms with Crippen LogP contribution in [0.1, 0.15) is 41.6 Å². The number of nitrogens with zero attached hydrogens (tertiary/aromatic N) is 4. The van der Waals surface area contributed by atoms with Crippen molar-refractivity contribution in [3.05, 3.63) is 120 Å². The van der Waals surface area contributed by atoms with Gasteiger partial charge in [0.25, 0.3) is 11.8 Å². The summed E-state index contributed by atoms with van der Waals surface area (Å²) in [6, 6.07) is 23.2. The molecule has 0 aliphatic carbocycles. The largest absolute Gasteiger partial charge is 0.395 e. The minimum absolute atomic E-state index is 0.0946. The SMILES string of the molecule is C[C@H](/C=C/CCn1cc(C(CO)c2ccccc2)nn1)[C@@]1(O)C(=O)N(Cc2ccc(NC(=O)[C@H]3O[C@@H](O)[C@H](O)[C@@H](O)[C@@H]3O)cc2)c2ccccc21. The highest BCUT2D eigenvalue weighted by molar-refractivity contribution is 6.07. The molecule has 1 saturated heterocycles. The van der Waals surface area contributed by atoms with E-state index < -0.39 is 54.0 Å². The van der Waals surface area contributed by atoms with Gasteiger partial charge in [-0.2, -0.15) is 0 Å². The van der Waals surface area contributed by atoms with E-state index in [9.17, 15) is 40.2 Å². The molecule has 2 amide bonds. The second-order valence-corrected chi connectivity index (χ2v) is 12.8. The number of allylic oxidation sites excluding steroid dienone is 1. The summed E-state index contributed by atoms with van der Waals surface area (Å²) < 4.78 is 6.69. The van der Waals surface area contributed by atoms with Crippen LogP contribution in [-0.2, 0) is 33.0 Å². The number of ether oxygens (including phenoxy) is 1. The molecule has 1 aromatic heterocycles. The molecule has 3 aromatic carbocycles. The number of fused-ring (bicyclic) bond motifs is 1. The minimum atomic E-state index is -1.85. The number of aryl methyl sites for hydroxylation is 1. The predicted molar refractivity (Wildman–Crippen MR) is 184 cm³/mol. The molecule has 8 atom stereocenters. The second kappa shape index (κ2) is 15.2. The summed E-state index contributed by atoms with van der Waals surface area (Å²) >= 11 is 0. The van der Waals surface area contributed by atoms with Gasteiger partial charge in [0.15, 0.2) is 18.0 Å². The van der Waals surface area contributed by atoms with E-state index in [1.165, 1.54) is 4.90 Å². The molecule has 1 fully saturated rings. The number of para-hydroxylation sites is 1. The fraction of sp³-hybridized carbons (Fsp3) is 0.351. The summed E-state index contributed by atoms with van der Waals surface area (Å²) in [6.07, 6.45) is -2.66. The van der Waals surface area contributed by atoms with Gasteiger partial charge in [0.1, 0.15) is 18.3 Å². The van der Waals surface area contributed by atoms with Gasteiger partial charge in [-0.1, -0.05) is 85.0 Å². The summed E-state index contributed by atoms with van der Waals surface area (Å²) in [6.45, 7) is 2.34. The van der Waals surface area contributed by atoms with Gasteiger partial charge in [0, 0.05) is 29.9 Å².